The van der Waals surface area contributed by atoms with E-state index in [0.29, 0.717) is 41.9 Å². The minimum Gasteiger partial charge on any atom is -0.497 e. The van der Waals surface area contributed by atoms with Crippen molar-refractivity contribution < 1.29 is 19.4 Å². The molecule has 0 amide bonds. The van der Waals surface area contributed by atoms with Crippen LogP contribution in [0.2, 0.25) is 0 Å². The molecule has 3 heteroatoms. The SMILES string of the molecule is [2H]C([2H])([2H])N(C[C@]([2H])(c1ccc(OC)cc1)C1(O)CCCCC1)C([2H])([2H])[2H]. The highest BCUT2D eigenvalue weighted by molar-refractivity contribution is 5.31. The van der Waals surface area contributed by atoms with E-state index in [1.807, 2.05) is 0 Å². The first kappa shape index (κ1) is 8.40. The lowest BCUT2D eigenvalue weighted by Gasteiger charge is -2.40. The molecule has 0 heterocycles. The Balaban J connectivity index is 2.54. The molecular formula is C17H27NO2. The molecule has 0 aromatic heterocycles. The predicted octanol–water partition coefficient (Wildman–Crippen LogP) is 3.04. The lowest BCUT2D eigenvalue weighted by Crippen LogP contribution is -2.42. The van der Waals surface area contributed by atoms with Gasteiger partial charge in [0.15, 0.2) is 0 Å². The van der Waals surface area contributed by atoms with Crippen LogP contribution in [0.5, 0.6) is 5.75 Å². The summed E-state index contributed by atoms with van der Waals surface area (Å²) in [5.74, 6) is -1.26. The van der Waals surface area contributed by atoms with Crippen LogP contribution >= 0.6 is 0 Å². The third-order valence-electron chi connectivity index (χ3n) is 4.00. The van der Waals surface area contributed by atoms with Gasteiger partial charge in [0.1, 0.15) is 5.75 Å². The fourth-order valence-corrected chi connectivity index (χ4v) is 2.90. The Labute approximate surface area is 132 Å². The number of hydrogen-bond donors (Lipinski definition) is 1. The summed E-state index contributed by atoms with van der Waals surface area (Å²) in [5.41, 5.74) is -1.15. The van der Waals surface area contributed by atoms with Crippen molar-refractivity contribution in [3.05, 3.63) is 29.8 Å². The van der Waals surface area contributed by atoms with Crippen LogP contribution in [0.4, 0.5) is 0 Å². The van der Waals surface area contributed by atoms with Crippen LogP contribution in [0.1, 0.15) is 53.2 Å². The molecule has 1 aromatic carbocycles. The molecule has 112 valence electrons. The average Bonchev–Trinajstić information content (AvgIpc) is 2.58. The maximum Gasteiger partial charge on any atom is 0.118 e. The zero-order valence-corrected chi connectivity index (χ0v) is 11.9. The van der Waals surface area contributed by atoms with Crippen LogP contribution in [-0.2, 0) is 0 Å². The topological polar surface area (TPSA) is 32.7 Å². The van der Waals surface area contributed by atoms with Gasteiger partial charge in [-0.1, -0.05) is 31.4 Å². The first-order chi connectivity index (χ1) is 12.3. The van der Waals surface area contributed by atoms with Gasteiger partial charge in [-0.15, -0.1) is 0 Å². The summed E-state index contributed by atoms with van der Waals surface area (Å²) >= 11 is 0. The molecule has 1 atom stereocenters. The quantitative estimate of drug-likeness (QED) is 0.902. The first-order valence-electron chi connectivity index (χ1n) is 10.5. The number of methoxy groups -OCH3 is 1. The smallest absolute Gasteiger partial charge is 0.118 e. The van der Waals surface area contributed by atoms with Gasteiger partial charge in [0, 0.05) is 22.0 Å². The Morgan fingerprint density at radius 1 is 1.30 bits per heavy atom. The lowest BCUT2D eigenvalue weighted by molar-refractivity contribution is -0.0277. The molecule has 1 N–H and O–H groups in total. The molecule has 2 rings (SSSR count). The van der Waals surface area contributed by atoms with Crippen LogP contribution in [0, 0.1) is 0 Å². The molecule has 1 aliphatic carbocycles. The number of ether oxygens (including phenoxy) is 1. The Morgan fingerprint density at radius 2 is 1.95 bits per heavy atom. The van der Waals surface area contributed by atoms with Crippen LogP contribution in [0.25, 0.3) is 0 Å². The van der Waals surface area contributed by atoms with Crippen molar-refractivity contribution in [3.63, 3.8) is 0 Å². The normalized spacial score (nSPS) is 27.9. The van der Waals surface area contributed by atoms with Gasteiger partial charge in [-0.05, 0) is 44.5 Å². The summed E-state index contributed by atoms with van der Waals surface area (Å²) in [4.78, 5) is 0.365. The van der Waals surface area contributed by atoms with Gasteiger partial charge in [0.25, 0.3) is 0 Å². The molecular weight excluding hydrogens is 250 g/mol. The highest BCUT2D eigenvalue weighted by Gasteiger charge is 2.38. The van der Waals surface area contributed by atoms with Crippen LogP contribution in [0.3, 0.4) is 0 Å². The molecule has 0 aliphatic heterocycles. The third kappa shape index (κ3) is 3.53. The van der Waals surface area contributed by atoms with E-state index < -0.39 is 32.0 Å². The fourth-order valence-electron chi connectivity index (χ4n) is 2.90. The molecule has 1 fully saturated rings. The van der Waals surface area contributed by atoms with Gasteiger partial charge in [0.2, 0.25) is 0 Å². The largest absolute Gasteiger partial charge is 0.497 e. The van der Waals surface area contributed by atoms with Gasteiger partial charge >= 0.3 is 0 Å². The van der Waals surface area contributed by atoms with Gasteiger partial charge in [-0.3, -0.25) is 0 Å². The Morgan fingerprint density at radius 3 is 2.50 bits per heavy atom. The van der Waals surface area contributed by atoms with Crippen molar-refractivity contribution in [1.82, 2.24) is 4.90 Å². The van der Waals surface area contributed by atoms with Crippen LogP contribution < -0.4 is 4.74 Å². The monoisotopic (exact) mass is 284 g/mol. The maximum absolute atomic E-state index is 11.3. The summed E-state index contributed by atoms with van der Waals surface area (Å²) in [6.45, 7) is -6.48. The number of rotatable bonds is 5. The van der Waals surface area contributed by atoms with E-state index in [9.17, 15) is 5.11 Å². The minimum absolute atomic E-state index is 0.318. The standard InChI is InChI=1S/C17H27NO2/c1-18(2)13-16(17(19)11-5-4-6-12-17)14-7-9-15(20-3)10-8-14/h7-10,16,19H,4-6,11-13H2,1-3H3/t16-/m1/s1/i1D3,2D3,16D. The first-order valence-corrected chi connectivity index (χ1v) is 6.98. The molecule has 0 bridgehead atoms. The highest BCUT2D eigenvalue weighted by atomic mass is 16.5. The van der Waals surface area contributed by atoms with Crippen molar-refractivity contribution in [2.24, 2.45) is 0 Å². The molecule has 1 aromatic rings. The molecule has 0 radical (unpaired) electrons. The van der Waals surface area contributed by atoms with Crippen molar-refractivity contribution in [2.75, 3.05) is 27.6 Å². The second-order valence-corrected chi connectivity index (χ2v) is 5.39. The number of likely N-dealkylation sites (N-methyl/N-ethyl adjacent to an activating group) is 1. The number of nitrogens with zero attached hydrogens (tertiary/aromatic N) is 1. The zero-order chi connectivity index (χ0) is 20.5. The van der Waals surface area contributed by atoms with E-state index in [-0.39, 0.29) is 0 Å². The Hall–Kier alpha value is -1.06. The van der Waals surface area contributed by atoms with Gasteiger partial charge in [-0.2, -0.15) is 0 Å². The average molecular weight is 284 g/mol. The zero-order valence-electron chi connectivity index (χ0n) is 18.9. The van der Waals surface area contributed by atoms with Gasteiger partial charge in [0.05, 0.1) is 12.7 Å². The predicted molar refractivity (Wildman–Crippen MR) is 82.3 cm³/mol. The van der Waals surface area contributed by atoms with Crippen molar-refractivity contribution >= 4 is 0 Å². The molecule has 1 aliphatic rings. The summed E-state index contributed by atoms with van der Waals surface area (Å²) in [7, 11) is 1.50. The molecule has 0 saturated heterocycles. The van der Waals surface area contributed by atoms with Gasteiger partial charge in [-0.25, -0.2) is 0 Å². The highest BCUT2D eigenvalue weighted by Crippen LogP contribution is 2.40. The Kier molecular flexibility index (Phi) is 2.77. The summed E-state index contributed by atoms with van der Waals surface area (Å²) in [6.07, 6.45) is 2.96. The second kappa shape index (κ2) is 6.59. The van der Waals surface area contributed by atoms with E-state index in [2.05, 4.69) is 0 Å². The molecule has 3 nitrogen and oxygen atoms in total. The maximum atomic E-state index is 11.3. The van der Waals surface area contributed by atoms with E-state index in [1.165, 1.54) is 7.11 Å². The number of aliphatic hydroxyl groups is 1. The molecule has 0 spiro atoms. The number of benzene rings is 1. The van der Waals surface area contributed by atoms with E-state index >= 15 is 0 Å². The molecule has 0 unspecified atom stereocenters. The lowest BCUT2D eigenvalue weighted by atomic mass is 9.72. The van der Waals surface area contributed by atoms with E-state index in [1.54, 1.807) is 24.3 Å². The molecule has 1 saturated carbocycles. The van der Waals surface area contributed by atoms with Crippen molar-refractivity contribution in [1.29, 1.82) is 0 Å². The van der Waals surface area contributed by atoms with Crippen LogP contribution in [0.15, 0.2) is 24.3 Å². The van der Waals surface area contributed by atoms with E-state index in [4.69, 9.17) is 14.3 Å². The number of hydrogen-bond acceptors (Lipinski definition) is 3. The fraction of sp³-hybridized carbons (Fsp3) is 0.647. The Bertz CT molecular complexity index is 610. The van der Waals surface area contributed by atoms with Crippen LogP contribution in [-0.4, -0.2) is 43.2 Å². The third-order valence-corrected chi connectivity index (χ3v) is 4.00. The van der Waals surface area contributed by atoms with Crippen molar-refractivity contribution in [2.45, 2.75) is 43.6 Å². The summed E-state index contributed by atoms with van der Waals surface area (Å²) in [6, 6.07) is 6.44. The van der Waals surface area contributed by atoms with E-state index in [0.717, 1.165) is 6.42 Å². The van der Waals surface area contributed by atoms with Crippen molar-refractivity contribution in [3.8, 4) is 5.75 Å². The summed E-state index contributed by atoms with van der Waals surface area (Å²) < 4.78 is 60.1. The minimum atomic E-state index is -2.92. The summed E-state index contributed by atoms with van der Waals surface area (Å²) in [5, 5.41) is 11.3. The van der Waals surface area contributed by atoms with Gasteiger partial charge < -0.3 is 14.7 Å². The second-order valence-electron chi connectivity index (χ2n) is 5.39. The molecule has 20 heavy (non-hydrogen) atoms.